The molecule has 3 saturated carbocycles. The minimum Gasteiger partial charge on any atom is -0.390 e. The van der Waals surface area contributed by atoms with Gasteiger partial charge in [-0.25, -0.2) is 0 Å². The first-order chi connectivity index (χ1) is 15.1. The molecule has 2 N–H and O–H groups in total. The van der Waals surface area contributed by atoms with Gasteiger partial charge in [-0.05, 0) is 61.2 Å². The highest BCUT2D eigenvalue weighted by Gasteiger charge is 2.71. The highest BCUT2D eigenvalue weighted by Crippen LogP contribution is 2.69. The summed E-state index contributed by atoms with van der Waals surface area (Å²) in [5, 5.41) is 20.8. The molecule has 5 nitrogen and oxygen atoms in total. The van der Waals surface area contributed by atoms with Crippen LogP contribution in [0.25, 0.3) is 0 Å². The van der Waals surface area contributed by atoms with E-state index < -0.39 is 18.0 Å². The lowest BCUT2D eigenvalue weighted by molar-refractivity contribution is -0.272. The zero-order chi connectivity index (χ0) is 22.6. The number of hydrogen-bond acceptors (Lipinski definition) is 5. The van der Waals surface area contributed by atoms with Crippen LogP contribution < -0.4 is 0 Å². The molecule has 2 heterocycles. The SMILES string of the molecule is C[C@@H]1CC[C@@]2(OC1)O[C@H]1C[C@@H]3[C@@H]4CC=C5C[C@@H](O)[C@H](O)C[C@]5(C)[C@H]4CC(=O)[C@]3(C)[C@H]1[C@@H]2C. The Kier molecular flexibility index (Phi) is 4.69. The highest BCUT2D eigenvalue weighted by atomic mass is 16.7. The maximum Gasteiger partial charge on any atom is 0.171 e. The standard InChI is InChI=1S/C27H40O5/c1-14-7-8-27(31-13-14)15(2)24-22(32-27)10-19-17-6-5-16-9-20(28)21(29)12-25(16,3)18(17)11-23(30)26(19,24)4/h5,14-15,17-22,24,28-29H,6-13H2,1-4H3/t14-,15+,17-,18+,19-,20-,21-,22+,24+,25+,26-,27-/m1/s1. The first kappa shape index (κ1) is 21.8. The number of hydrogen-bond donors (Lipinski definition) is 2. The molecule has 0 amide bonds. The van der Waals surface area contributed by atoms with Gasteiger partial charge in [-0.2, -0.15) is 0 Å². The van der Waals surface area contributed by atoms with Crippen molar-refractivity contribution in [1.29, 1.82) is 0 Å². The zero-order valence-electron chi connectivity index (χ0n) is 20.0. The second kappa shape index (κ2) is 6.90. The average molecular weight is 445 g/mol. The van der Waals surface area contributed by atoms with Gasteiger partial charge in [0.15, 0.2) is 5.79 Å². The summed E-state index contributed by atoms with van der Waals surface area (Å²) in [6.45, 7) is 9.74. The van der Waals surface area contributed by atoms with Crippen LogP contribution in [0.5, 0.6) is 0 Å². The van der Waals surface area contributed by atoms with Crippen molar-refractivity contribution >= 4 is 5.78 Å². The van der Waals surface area contributed by atoms with Gasteiger partial charge in [0.05, 0.1) is 24.9 Å². The highest BCUT2D eigenvalue weighted by molar-refractivity contribution is 5.87. The van der Waals surface area contributed by atoms with Crippen LogP contribution in [0, 0.1) is 46.3 Å². The number of ketones is 1. The molecule has 12 atom stereocenters. The molecule has 0 bridgehead atoms. The Hall–Kier alpha value is -0.750. The third-order valence-electron chi connectivity index (χ3n) is 11.3. The number of rotatable bonds is 0. The van der Waals surface area contributed by atoms with Crippen molar-refractivity contribution in [2.24, 2.45) is 46.3 Å². The number of aliphatic hydroxyl groups excluding tert-OH is 2. The Labute approximate surface area is 191 Å². The van der Waals surface area contributed by atoms with Gasteiger partial charge in [0.25, 0.3) is 0 Å². The topological polar surface area (TPSA) is 76.0 Å². The van der Waals surface area contributed by atoms with Crippen LogP contribution in [0.1, 0.15) is 72.6 Å². The fraction of sp³-hybridized carbons (Fsp3) is 0.889. The molecule has 2 saturated heterocycles. The second-order valence-electron chi connectivity index (χ2n) is 12.7. The lowest BCUT2D eigenvalue weighted by atomic mass is 9.46. The number of allylic oxidation sites excluding steroid dienone is 1. The number of carbonyl (C=O) groups is 1. The minimum atomic E-state index is -0.698. The molecule has 5 fully saturated rings. The van der Waals surface area contributed by atoms with E-state index in [1.807, 2.05) is 0 Å². The van der Waals surface area contributed by atoms with Gasteiger partial charge in [0.1, 0.15) is 5.78 Å². The number of ether oxygens (including phenoxy) is 2. The largest absolute Gasteiger partial charge is 0.390 e. The van der Waals surface area contributed by atoms with Crippen molar-refractivity contribution in [3.8, 4) is 0 Å². The summed E-state index contributed by atoms with van der Waals surface area (Å²) in [5.41, 5.74) is 0.724. The van der Waals surface area contributed by atoms with E-state index in [4.69, 9.17) is 9.47 Å². The van der Waals surface area contributed by atoms with Crippen LogP contribution >= 0.6 is 0 Å². The van der Waals surface area contributed by atoms with Crippen LogP contribution in [0.3, 0.4) is 0 Å². The molecule has 4 aliphatic carbocycles. The molecular formula is C27H40O5. The normalized spacial score (nSPS) is 59.2. The molecule has 2 aliphatic heterocycles. The first-order valence-electron chi connectivity index (χ1n) is 13.0. The molecule has 0 radical (unpaired) electrons. The fourth-order valence-corrected chi connectivity index (χ4v) is 9.38. The molecule has 6 aliphatic rings. The molecule has 0 aromatic rings. The van der Waals surface area contributed by atoms with Crippen molar-refractivity contribution in [3.63, 3.8) is 0 Å². The number of aliphatic hydroxyl groups is 2. The Morgan fingerprint density at radius 3 is 2.59 bits per heavy atom. The summed E-state index contributed by atoms with van der Waals surface area (Å²) in [5.74, 6) is 1.95. The molecule has 178 valence electrons. The summed E-state index contributed by atoms with van der Waals surface area (Å²) in [6.07, 6.45) is 6.77. The van der Waals surface area contributed by atoms with Crippen LogP contribution in [0.2, 0.25) is 0 Å². The van der Waals surface area contributed by atoms with Gasteiger partial charge in [0.2, 0.25) is 0 Å². The van der Waals surface area contributed by atoms with Crippen molar-refractivity contribution in [3.05, 3.63) is 11.6 Å². The van der Waals surface area contributed by atoms with Gasteiger partial charge in [-0.15, -0.1) is 0 Å². The quantitative estimate of drug-likeness (QED) is 0.555. The molecule has 0 aromatic carbocycles. The summed E-state index contributed by atoms with van der Waals surface area (Å²) < 4.78 is 13.1. The molecule has 5 heteroatoms. The molecule has 6 rings (SSSR count). The smallest absolute Gasteiger partial charge is 0.171 e. The summed E-state index contributed by atoms with van der Waals surface area (Å²) in [6, 6.07) is 0. The Bertz CT molecular complexity index is 843. The van der Waals surface area contributed by atoms with E-state index >= 15 is 0 Å². The molecular weight excluding hydrogens is 404 g/mol. The zero-order valence-corrected chi connectivity index (χ0v) is 20.0. The van der Waals surface area contributed by atoms with Crippen LogP contribution in [-0.4, -0.2) is 46.7 Å². The Morgan fingerprint density at radius 1 is 1.09 bits per heavy atom. The molecule has 0 unspecified atom stereocenters. The first-order valence-corrected chi connectivity index (χ1v) is 13.0. The van der Waals surface area contributed by atoms with Crippen LogP contribution in [0.15, 0.2) is 11.6 Å². The van der Waals surface area contributed by atoms with Gasteiger partial charge in [-0.3, -0.25) is 4.79 Å². The van der Waals surface area contributed by atoms with E-state index in [0.717, 1.165) is 32.3 Å². The third-order valence-corrected chi connectivity index (χ3v) is 11.3. The maximum atomic E-state index is 14.0. The summed E-state index contributed by atoms with van der Waals surface area (Å²) in [4.78, 5) is 14.0. The van der Waals surface area contributed by atoms with Crippen molar-refractivity contribution in [1.82, 2.24) is 0 Å². The van der Waals surface area contributed by atoms with E-state index in [1.165, 1.54) is 5.57 Å². The lowest BCUT2D eigenvalue weighted by Crippen LogP contribution is -2.57. The van der Waals surface area contributed by atoms with E-state index in [1.54, 1.807) is 0 Å². The number of carbonyl (C=O) groups excluding carboxylic acids is 1. The van der Waals surface area contributed by atoms with Crippen molar-refractivity contribution in [2.75, 3.05) is 6.61 Å². The minimum absolute atomic E-state index is 0.105. The predicted molar refractivity (Wildman–Crippen MR) is 119 cm³/mol. The number of fused-ring (bicyclic) bond motifs is 7. The van der Waals surface area contributed by atoms with E-state index in [9.17, 15) is 15.0 Å². The monoisotopic (exact) mass is 444 g/mol. The van der Waals surface area contributed by atoms with Gasteiger partial charge in [0, 0.05) is 30.1 Å². The molecule has 32 heavy (non-hydrogen) atoms. The predicted octanol–water partition coefficient (Wildman–Crippen LogP) is 3.86. The summed E-state index contributed by atoms with van der Waals surface area (Å²) >= 11 is 0. The fourth-order valence-electron chi connectivity index (χ4n) is 9.38. The summed E-state index contributed by atoms with van der Waals surface area (Å²) in [7, 11) is 0. The van der Waals surface area contributed by atoms with Gasteiger partial charge < -0.3 is 19.7 Å². The maximum absolute atomic E-state index is 14.0. The third kappa shape index (κ3) is 2.63. The van der Waals surface area contributed by atoms with Gasteiger partial charge in [-0.1, -0.05) is 39.3 Å². The number of Topliss-reactive ketones (excluding diaryl/α,β-unsaturated/α-hetero) is 1. The molecule has 0 aromatic heterocycles. The van der Waals surface area contributed by atoms with Gasteiger partial charge >= 0.3 is 0 Å². The van der Waals surface area contributed by atoms with Crippen molar-refractivity contribution < 1.29 is 24.5 Å². The molecule has 1 spiro atoms. The van der Waals surface area contributed by atoms with Crippen LogP contribution in [-0.2, 0) is 14.3 Å². The Morgan fingerprint density at radius 2 is 1.88 bits per heavy atom. The van der Waals surface area contributed by atoms with E-state index in [0.29, 0.717) is 42.8 Å². The second-order valence-corrected chi connectivity index (χ2v) is 12.7. The van der Waals surface area contributed by atoms with E-state index in [2.05, 4.69) is 33.8 Å². The average Bonchev–Trinajstić information content (AvgIpc) is 3.19. The van der Waals surface area contributed by atoms with Crippen molar-refractivity contribution in [2.45, 2.75) is 96.7 Å². The van der Waals surface area contributed by atoms with Crippen LogP contribution in [0.4, 0.5) is 0 Å². The lowest BCUT2D eigenvalue weighted by Gasteiger charge is -2.58. The Balaban J connectivity index is 1.33. The van der Waals surface area contributed by atoms with E-state index in [-0.39, 0.29) is 34.7 Å².